The Hall–Kier alpha value is -3.63. The molecule has 0 bridgehead atoms. The fourth-order valence-electron chi connectivity index (χ4n) is 4.63. The van der Waals surface area contributed by atoms with Gasteiger partial charge in [-0.15, -0.1) is 0 Å². The highest BCUT2D eigenvalue weighted by molar-refractivity contribution is 6.30. The van der Waals surface area contributed by atoms with Crippen molar-refractivity contribution in [2.24, 2.45) is 0 Å². The number of fused-ring (bicyclic) bond motifs is 2. The van der Waals surface area contributed by atoms with Crippen molar-refractivity contribution < 1.29 is 23.5 Å². The van der Waals surface area contributed by atoms with Gasteiger partial charge in [0.05, 0.1) is 24.4 Å². The van der Waals surface area contributed by atoms with E-state index in [1.807, 2.05) is 6.07 Å². The lowest BCUT2D eigenvalue weighted by Gasteiger charge is -2.46. The third-order valence-electron chi connectivity index (χ3n) is 6.36. The lowest BCUT2D eigenvalue weighted by molar-refractivity contribution is -0.0165. The summed E-state index contributed by atoms with van der Waals surface area (Å²) in [5.74, 6) is -1.97. The van der Waals surface area contributed by atoms with Crippen LogP contribution >= 0.6 is 11.6 Å². The van der Waals surface area contributed by atoms with Crippen LogP contribution in [0.4, 0.5) is 4.39 Å². The molecule has 1 aromatic carbocycles. The minimum absolute atomic E-state index is 0.0853. The van der Waals surface area contributed by atoms with Gasteiger partial charge in [-0.2, -0.15) is 0 Å². The Morgan fingerprint density at radius 3 is 2.83 bits per heavy atom. The molecule has 2 aliphatic heterocycles. The number of halogens is 2. The maximum Gasteiger partial charge on any atom is 0.275 e. The highest BCUT2D eigenvalue weighted by atomic mass is 35.5. The monoisotopic (exact) mass is 500 g/mol. The van der Waals surface area contributed by atoms with E-state index >= 15 is 0 Å². The predicted octanol–water partition coefficient (Wildman–Crippen LogP) is 2.56. The fourth-order valence-corrected chi connectivity index (χ4v) is 4.82. The lowest BCUT2D eigenvalue weighted by Crippen LogP contribution is -2.60. The predicted molar refractivity (Wildman–Crippen MR) is 124 cm³/mol. The molecule has 1 saturated heterocycles. The molecule has 1 fully saturated rings. The van der Waals surface area contributed by atoms with Gasteiger partial charge in [0, 0.05) is 31.4 Å². The van der Waals surface area contributed by atoms with Gasteiger partial charge >= 0.3 is 0 Å². The Bertz CT molecular complexity index is 1360. The molecule has 9 nitrogen and oxygen atoms in total. The third-order valence-corrected chi connectivity index (χ3v) is 6.65. The van der Waals surface area contributed by atoms with Gasteiger partial charge < -0.3 is 24.3 Å². The average Bonchev–Trinajstić information content (AvgIpc) is 3.36. The van der Waals surface area contributed by atoms with E-state index in [-0.39, 0.29) is 41.1 Å². The molecule has 0 spiro atoms. The summed E-state index contributed by atoms with van der Waals surface area (Å²) in [7, 11) is 0. The number of furan rings is 1. The summed E-state index contributed by atoms with van der Waals surface area (Å²) in [6, 6.07) is 8.04. The normalized spacial score (nSPS) is 17.7. The Morgan fingerprint density at radius 1 is 1.23 bits per heavy atom. The molecule has 0 aliphatic carbocycles. The van der Waals surface area contributed by atoms with Crippen LogP contribution < -0.4 is 10.7 Å². The summed E-state index contributed by atoms with van der Waals surface area (Å²) >= 11 is 5.78. The summed E-state index contributed by atoms with van der Waals surface area (Å²) in [6.45, 7) is 1.74. The molecule has 1 atom stereocenters. The van der Waals surface area contributed by atoms with Crippen molar-refractivity contribution in [2.45, 2.75) is 32.2 Å². The summed E-state index contributed by atoms with van der Waals surface area (Å²) in [4.78, 5) is 42.5. The number of carbonyl (C=O) groups is 2. The zero-order chi connectivity index (χ0) is 24.7. The number of pyridine rings is 1. The molecule has 2 amide bonds. The first-order valence-corrected chi connectivity index (χ1v) is 11.5. The molecule has 4 heterocycles. The first-order valence-electron chi connectivity index (χ1n) is 11.1. The van der Waals surface area contributed by atoms with E-state index in [9.17, 15) is 23.9 Å². The number of carbonyl (C=O) groups excluding carboxylic acids is 2. The molecule has 2 aromatic heterocycles. The van der Waals surface area contributed by atoms with Crippen LogP contribution in [0.25, 0.3) is 0 Å². The number of benzene rings is 1. The second kappa shape index (κ2) is 9.20. The first kappa shape index (κ1) is 23.1. The zero-order valence-electron chi connectivity index (χ0n) is 18.5. The molecule has 0 radical (unpaired) electrons. The van der Waals surface area contributed by atoms with Crippen molar-refractivity contribution in [1.82, 2.24) is 19.7 Å². The Morgan fingerprint density at radius 2 is 2.06 bits per heavy atom. The van der Waals surface area contributed by atoms with Gasteiger partial charge in [0.2, 0.25) is 5.43 Å². The standard InChI is InChI=1S/C24H22ClFN4O5/c25-17-6-1-4-14(19(17)26)10-27-23(33)16-12-29-13-18-28(11-15-5-2-9-35-15)7-3-8-30(18)24(34)20(29)22(32)21(16)31/h1-2,4-6,9,12,18,32H,3,7-8,10-11,13H2,(H,27,33). The maximum atomic E-state index is 14.2. The summed E-state index contributed by atoms with van der Waals surface area (Å²) in [6.07, 6.45) is 3.25. The minimum atomic E-state index is -0.962. The molecular formula is C24H22ClFN4O5. The quantitative estimate of drug-likeness (QED) is 0.557. The van der Waals surface area contributed by atoms with Crippen LogP contribution in [0.5, 0.6) is 5.75 Å². The van der Waals surface area contributed by atoms with Crippen molar-refractivity contribution in [3.63, 3.8) is 0 Å². The van der Waals surface area contributed by atoms with E-state index in [0.717, 1.165) is 18.7 Å². The molecule has 2 N–H and O–H groups in total. The molecule has 11 heteroatoms. The van der Waals surface area contributed by atoms with Crippen LogP contribution in [-0.4, -0.2) is 50.5 Å². The second-order valence-electron chi connectivity index (χ2n) is 8.50. The Labute approximate surface area is 204 Å². The summed E-state index contributed by atoms with van der Waals surface area (Å²) in [5, 5.41) is 13.0. The van der Waals surface area contributed by atoms with Crippen LogP contribution in [0.3, 0.4) is 0 Å². The summed E-state index contributed by atoms with van der Waals surface area (Å²) in [5.41, 5.74) is -1.31. The van der Waals surface area contributed by atoms with Crippen molar-refractivity contribution in [1.29, 1.82) is 0 Å². The first-order chi connectivity index (χ1) is 16.8. The van der Waals surface area contributed by atoms with E-state index in [4.69, 9.17) is 16.0 Å². The molecule has 5 rings (SSSR count). The van der Waals surface area contributed by atoms with Gasteiger partial charge in [0.1, 0.15) is 23.3 Å². The number of amides is 2. The van der Waals surface area contributed by atoms with Gasteiger partial charge in [-0.3, -0.25) is 19.3 Å². The number of aromatic hydroxyl groups is 1. The topological polar surface area (TPSA) is 108 Å². The smallest absolute Gasteiger partial charge is 0.275 e. The van der Waals surface area contributed by atoms with E-state index in [0.29, 0.717) is 13.1 Å². The Kier molecular flexibility index (Phi) is 6.08. The molecule has 1 unspecified atom stereocenters. The number of nitrogens with zero attached hydrogens (tertiary/aromatic N) is 3. The van der Waals surface area contributed by atoms with Crippen LogP contribution in [0, 0.1) is 5.82 Å². The van der Waals surface area contributed by atoms with E-state index in [1.165, 1.54) is 22.9 Å². The second-order valence-corrected chi connectivity index (χ2v) is 8.91. The molecule has 3 aromatic rings. The zero-order valence-corrected chi connectivity index (χ0v) is 19.3. The van der Waals surface area contributed by atoms with Gasteiger partial charge in [-0.1, -0.05) is 23.7 Å². The highest BCUT2D eigenvalue weighted by Gasteiger charge is 2.40. The Balaban J connectivity index is 1.43. The third kappa shape index (κ3) is 4.19. The number of nitrogens with one attached hydrogen (secondary N) is 1. The largest absolute Gasteiger partial charge is 0.503 e. The molecule has 0 saturated carbocycles. The molecule has 35 heavy (non-hydrogen) atoms. The van der Waals surface area contributed by atoms with Crippen LogP contribution in [-0.2, 0) is 19.6 Å². The van der Waals surface area contributed by atoms with Gasteiger partial charge in [0.25, 0.3) is 11.8 Å². The van der Waals surface area contributed by atoms with Crippen molar-refractivity contribution in [3.8, 4) is 5.75 Å². The van der Waals surface area contributed by atoms with E-state index in [2.05, 4.69) is 10.2 Å². The van der Waals surface area contributed by atoms with Crippen molar-refractivity contribution >= 4 is 23.4 Å². The van der Waals surface area contributed by atoms with Gasteiger partial charge in [0.15, 0.2) is 11.4 Å². The molecular weight excluding hydrogens is 479 g/mol. The number of aromatic nitrogens is 1. The molecule has 2 aliphatic rings. The van der Waals surface area contributed by atoms with E-state index in [1.54, 1.807) is 23.3 Å². The number of hydrogen-bond acceptors (Lipinski definition) is 6. The average molecular weight is 501 g/mol. The molecule has 182 valence electrons. The van der Waals surface area contributed by atoms with Crippen LogP contribution in [0.15, 0.2) is 52.0 Å². The number of hydrogen-bond donors (Lipinski definition) is 2. The van der Waals surface area contributed by atoms with Crippen molar-refractivity contribution in [2.75, 3.05) is 13.1 Å². The maximum absolute atomic E-state index is 14.2. The number of rotatable bonds is 5. The van der Waals surface area contributed by atoms with Gasteiger partial charge in [-0.25, -0.2) is 4.39 Å². The summed E-state index contributed by atoms with van der Waals surface area (Å²) < 4.78 is 21.0. The van der Waals surface area contributed by atoms with E-state index < -0.39 is 28.8 Å². The highest BCUT2D eigenvalue weighted by Crippen LogP contribution is 2.29. The van der Waals surface area contributed by atoms with Crippen molar-refractivity contribution in [3.05, 3.63) is 86.4 Å². The lowest BCUT2D eigenvalue weighted by atomic mass is 10.1. The van der Waals surface area contributed by atoms with Crippen LogP contribution in [0.1, 0.15) is 38.6 Å². The van der Waals surface area contributed by atoms with Crippen LogP contribution in [0.2, 0.25) is 5.02 Å². The fraction of sp³-hybridized carbons (Fsp3) is 0.292. The minimum Gasteiger partial charge on any atom is -0.503 e. The SMILES string of the molecule is O=C(NCc1cccc(Cl)c1F)c1cn2c(c(O)c1=O)C(=O)N1CCCN(Cc3ccco3)C1C2. The van der Waals surface area contributed by atoms with Gasteiger partial charge in [-0.05, 0) is 24.6 Å².